The lowest BCUT2D eigenvalue weighted by atomic mass is 9.40. The van der Waals surface area contributed by atoms with E-state index in [-0.39, 0.29) is 22.9 Å². The normalized spacial score (nSPS) is 33.7. The van der Waals surface area contributed by atoms with Gasteiger partial charge in [0.25, 0.3) is 21.8 Å². The molecule has 1 unspecified atom stereocenters. The van der Waals surface area contributed by atoms with Crippen molar-refractivity contribution in [1.82, 2.24) is 9.21 Å². The van der Waals surface area contributed by atoms with Gasteiger partial charge in [-0.2, -0.15) is 0 Å². The van der Waals surface area contributed by atoms with Crippen molar-refractivity contribution in [2.75, 3.05) is 19.6 Å². The third-order valence-corrected chi connectivity index (χ3v) is 8.87. The van der Waals surface area contributed by atoms with Gasteiger partial charge < -0.3 is 4.90 Å². The van der Waals surface area contributed by atoms with Crippen LogP contribution >= 0.6 is 0 Å². The number of carbonyl (C=O) groups is 2. The van der Waals surface area contributed by atoms with Gasteiger partial charge in [-0.15, -0.1) is 0 Å². The highest BCUT2D eigenvalue weighted by Crippen LogP contribution is 2.69. The van der Waals surface area contributed by atoms with Crippen LogP contribution in [0, 0.1) is 17.3 Å². The molecular weight excluding hydrogens is 352 g/mol. The van der Waals surface area contributed by atoms with Crippen LogP contribution in [0.25, 0.3) is 0 Å². The van der Waals surface area contributed by atoms with Gasteiger partial charge in [0.1, 0.15) is 4.90 Å². The number of hydrogen-bond donors (Lipinski definition) is 0. The molecule has 5 aliphatic rings. The average Bonchev–Trinajstić information content (AvgIpc) is 3.06. The van der Waals surface area contributed by atoms with E-state index in [2.05, 4.69) is 0 Å². The molecule has 1 aromatic rings. The zero-order valence-corrected chi connectivity index (χ0v) is 15.6. The van der Waals surface area contributed by atoms with Crippen LogP contribution in [0.5, 0.6) is 0 Å². The predicted octanol–water partition coefficient (Wildman–Crippen LogP) is 2.11. The molecule has 3 saturated carbocycles. The Morgan fingerprint density at radius 3 is 2.62 bits per heavy atom. The molecule has 1 aromatic carbocycles. The van der Waals surface area contributed by atoms with Crippen LogP contribution in [-0.2, 0) is 10.0 Å². The third-order valence-electron chi connectivity index (χ3n) is 6.97. The van der Waals surface area contributed by atoms with E-state index < -0.39 is 15.9 Å². The Kier molecular flexibility index (Phi) is 3.19. The van der Waals surface area contributed by atoms with Gasteiger partial charge >= 0.3 is 0 Å². The van der Waals surface area contributed by atoms with E-state index in [1.165, 1.54) is 31.4 Å². The number of nitrogens with zero attached hydrogens (tertiary/aromatic N) is 2. The average molecular weight is 374 g/mol. The standard InChI is InChI=1S/C19H22N2O4S/c1-2-21-18(23)15-4-3-13(7-16(15)26(21,24)25)17(22)20-6-5-14(11-20)19-8-12(9-19)10-19/h3-4,7,12,14H,2,5-6,8-11H2,1H3. The van der Waals surface area contributed by atoms with E-state index in [1.54, 1.807) is 13.0 Å². The summed E-state index contributed by atoms with van der Waals surface area (Å²) in [5, 5.41) is 0. The summed E-state index contributed by atoms with van der Waals surface area (Å²) in [4.78, 5) is 27.0. The van der Waals surface area contributed by atoms with Crippen LogP contribution in [-0.4, -0.2) is 49.1 Å². The van der Waals surface area contributed by atoms with Gasteiger partial charge in [0.15, 0.2) is 0 Å². The highest BCUT2D eigenvalue weighted by molar-refractivity contribution is 7.90. The fourth-order valence-electron chi connectivity index (χ4n) is 5.39. The number of sulfonamides is 1. The molecule has 2 amide bonds. The Labute approximate surface area is 153 Å². The molecule has 7 heteroatoms. The SMILES string of the molecule is CCN1C(=O)c2ccc(C(=O)N3CCC(C45CC(C4)C5)C3)cc2S1(=O)=O. The molecule has 6 rings (SSSR count). The Hall–Kier alpha value is -1.89. The summed E-state index contributed by atoms with van der Waals surface area (Å²) in [5.41, 5.74) is 1.02. The number of likely N-dealkylation sites (tertiary alicyclic amines) is 1. The first-order chi connectivity index (χ1) is 12.4. The Morgan fingerprint density at radius 2 is 2.00 bits per heavy atom. The zero-order valence-electron chi connectivity index (χ0n) is 14.8. The molecule has 6 nitrogen and oxygen atoms in total. The van der Waals surface area contributed by atoms with E-state index in [1.807, 2.05) is 4.90 Å². The highest BCUT2D eigenvalue weighted by atomic mass is 32.2. The zero-order chi connectivity index (χ0) is 18.3. The van der Waals surface area contributed by atoms with Gasteiger partial charge in [0.05, 0.1) is 5.56 Å². The molecule has 0 N–H and O–H groups in total. The second-order valence-electron chi connectivity index (χ2n) is 8.26. The van der Waals surface area contributed by atoms with Crippen LogP contribution in [0.4, 0.5) is 0 Å². The molecule has 2 bridgehead atoms. The molecule has 2 aliphatic heterocycles. The summed E-state index contributed by atoms with van der Waals surface area (Å²) in [6.45, 7) is 3.23. The van der Waals surface area contributed by atoms with Crippen LogP contribution in [0.15, 0.2) is 23.1 Å². The number of carbonyl (C=O) groups excluding carboxylic acids is 2. The van der Waals surface area contributed by atoms with E-state index >= 15 is 0 Å². The monoisotopic (exact) mass is 374 g/mol. The Balaban J connectivity index is 1.40. The highest BCUT2D eigenvalue weighted by Gasteiger charge is 2.61. The van der Waals surface area contributed by atoms with Crippen LogP contribution in [0.3, 0.4) is 0 Å². The van der Waals surface area contributed by atoms with Crippen molar-refractivity contribution in [3.8, 4) is 0 Å². The van der Waals surface area contributed by atoms with Crippen LogP contribution in [0.2, 0.25) is 0 Å². The van der Waals surface area contributed by atoms with Gasteiger partial charge in [-0.1, -0.05) is 0 Å². The van der Waals surface area contributed by atoms with Gasteiger partial charge in [0, 0.05) is 25.2 Å². The Morgan fingerprint density at radius 1 is 1.27 bits per heavy atom. The number of amides is 2. The van der Waals surface area contributed by atoms with Crippen molar-refractivity contribution in [2.24, 2.45) is 17.3 Å². The van der Waals surface area contributed by atoms with Crippen LogP contribution < -0.4 is 0 Å². The summed E-state index contributed by atoms with van der Waals surface area (Å²) in [6.07, 6.45) is 5.02. The molecule has 0 spiro atoms. The maximum atomic E-state index is 12.9. The lowest BCUT2D eigenvalue weighted by Crippen LogP contribution is -2.56. The molecular formula is C19H22N2O4S. The van der Waals surface area contributed by atoms with Crippen molar-refractivity contribution < 1.29 is 18.0 Å². The predicted molar refractivity (Wildman–Crippen MR) is 94.1 cm³/mol. The number of hydrogen-bond acceptors (Lipinski definition) is 4. The lowest BCUT2D eigenvalue weighted by molar-refractivity contribution is -0.147. The molecule has 138 valence electrons. The number of rotatable bonds is 3. The van der Waals surface area contributed by atoms with Crippen LogP contribution in [0.1, 0.15) is 53.3 Å². The smallest absolute Gasteiger partial charge is 0.268 e. The largest absolute Gasteiger partial charge is 0.338 e. The van der Waals surface area contributed by atoms with Crippen molar-refractivity contribution >= 4 is 21.8 Å². The van der Waals surface area contributed by atoms with Crippen molar-refractivity contribution in [3.63, 3.8) is 0 Å². The van der Waals surface area contributed by atoms with Gasteiger partial charge in [-0.05, 0) is 68.1 Å². The summed E-state index contributed by atoms with van der Waals surface area (Å²) in [5.74, 6) is 0.887. The Bertz CT molecular complexity index is 922. The number of benzene rings is 1. The van der Waals surface area contributed by atoms with Gasteiger partial charge in [-0.25, -0.2) is 12.7 Å². The first-order valence-corrected chi connectivity index (χ1v) is 10.8. The van der Waals surface area contributed by atoms with Gasteiger partial charge in [0.2, 0.25) is 0 Å². The van der Waals surface area contributed by atoms with E-state index in [0.717, 1.165) is 29.7 Å². The second-order valence-corrected chi connectivity index (χ2v) is 10.1. The third kappa shape index (κ3) is 1.95. The van der Waals surface area contributed by atoms with Gasteiger partial charge in [-0.3, -0.25) is 9.59 Å². The molecule has 4 fully saturated rings. The van der Waals surface area contributed by atoms with E-state index in [9.17, 15) is 18.0 Å². The summed E-state index contributed by atoms with van der Waals surface area (Å²) in [7, 11) is -3.83. The molecule has 2 heterocycles. The minimum atomic E-state index is -3.83. The van der Waals surface area contributed by atoms with E-state index in [4.69, 9.17) is 0 Å². The topological polar surface area (TPSA) is 74.8 Å². The number of fused-ring (bicyclic) bond motifs is 1. The summed E-state index contributed by atoms with van der Waals surface area (Å²) < 4.78 is 25.9. The second kappa shape index (κ2) is 5.09. The summed E-state index contributed by atoms with van der Waals surface area (Å²) >= 11 is 0. The molecule has 0 aromatic heterocycles. The van der Waals surface area contributed by atoms with Crippen molar-refractivity contribution in [1.29, 1.82) is 0 Å². The molecule has 0 radical (unpaired) electrons. The maximum Gasteiger partial charge on any atom is 0.268 e. The van der Waals surface area contributed by atoms with E-state index in [0.29, 0.717) is 16.9 Å². The fraction of sp³-hybridized carbons (Fsp3) is 0.579. The molecule has 1 atom stereocenters. The first kappa shape index (κ1) is 16.3. The fourth-order valence-corrected chi connectivity index (χ4v) is 7.00. The lowest BCUT2D eigenvalue weighted by Gasteiger charge is -2.65. The molecule has 3 aliphatic carbocycles. The summed E-state index contributed by atoms with van der Waals surface area (Å²) in [6, 6.07) is 4.45. The molecule has 26 heavy (non-hydrogen) atoms. The quantitative estimate of drug-likeness (QED) is 0.812. The van der Waals surface area contributed by atoms with Crippen molar-refractivity contribution in [3.05, 3.63) is 29.3 Å². The minimum Gasteiger partial charge on any atom is -0.338 e. The first-order valence-electron chi connectivity index (χ1n) is 9.36. The molecule has 1 saturated heterocycles. The maximum absolute atomic E-state index is 12.9. The van der Waals surface area contributed by atoms with Crippen molar-refractivity contribution in [2.45, 2.75) is 37.5 Å². The minimum absolute atomic E-state index is 0.0367.